The Balaban J connectivity index is 1.87. The van der Waals surface area contributed by atoms with Crippen LogP contribution in [0.1, 0.15) is 28.6 Å². The Morgan fingerprint density at radius 2 is 2.14 bits per heavy atom. The summed E-state index contributed by atoms with van der Waals surface area (Å²) in [5.41, 5.74) is 1.15. The summed E-state index contributed by atoms with van der Waals surface area (Å²) in [7, 11) is 0. The molecule has 0 spiro atoms. The van der Waals surface area contributed by atoms with E-state index in [9.17, 15) is 0 Å². The fraction of sp³-hybridized carbons (Fsp3) is 0.250. The number of fused-ring (bicyclic) bond motifs is 2. The average molecular weight is 317 g/mol. The topological polar surface area (TPSA) is 35.0 Å². The van der Waals surface area contributed by atoms with Crippen LogP contribution in [0.4, 0.5) is 0 Å². The molecule has 3 aromatic rings. The van der Waals surface area contributed by atoms with Crippen molar-refractivity contribution >= 4 is 33.2 Å². The normalized spacial score (nSPS) is 17.5. The van der Waals surface area contributed by atoms with Crippen molar-refractivity contribution in [2.24, 2.45) is 0 Å². The van der Waals surface area contributed by atoms with E-state index in [1.54, 1.807) is 11.3 Å². The van der Waals surface area contributed by atoms with Crippen molar-refractivity contribution < 1.29 is 4.74 Å². The number of rotatable bonds is 1. The quantitative estimate of drug-likeness (QED) is 0.617. The van der Waals surface area contributed by atoms with Gasteiger partial charge in [-0.25, -0.2) is 9.97 Å². The van der Waals surface area contributed by atoms with E-state index in [0.717, 1.165) is 33.8 Å². The molecule has 0 N–H and O–H groups in total. The van der Waals surface area contributed by atoms with Crippen LogP contribution in [0, 0.1) is 6.92 Å². The van der Waals surface area contributed by atoms with Gasteiger partial charge in [-0.3, -0.25) is 0 Å². The van der Waals surface area contributed by atoms with Crippen LogP contribution in [0.15, 0.2) is 30.3 Å². The van der Waals surface area contributed by atoms with E-state index in [1.807, 2.05) is 24.3 Å². The minimum atomic E-state index is 0.152. The molecule has 1 aliphatic rings. The molecule has 0 radical (unpaired) electrons. The number of thiophene rings is 1. The van der Waals surface area contributed by atoms with Crippen molar-refractivity contribution in [2.75, 3.05) is 6.61 Å². The number of benzene rings is 1. The zero-order valence-corrected chi connectivity index (χ0v) is 13.0. The summed E-state index contributed by atoms with van der Waals surface area (Å²) in [6.07, 6.45) is 0.878. The van der Waals surface area contributed by atoms with Gasteiger partial charge in [-0.15, -0.1) is 11.3 Å². The summed E-state index contributed by atoms with van der Waals surface area (Å²) in [4.78, 5) is 11.5. The fourth-order valence-electron chi connectivity index (χ4n) is 2.79. The van der Waals surface area contributed by atoms with Crippen LogP contribution in [-0.4, -0.2) is 16.6 Å². The van der Waals surface area contributed by atoms with Crippen molar-refractivity contribution in [1.29, 1.82) is 0 Å². The van der Waals surface area contributed by atoms with E-state index in [4.69, 9.17) is 21.3 Å². The largest absolute Gasteiger partial charge is 0.493 e. The van der Waals surface area contributed by atoms with Gasteiger partial charge in [0.2, 0.25) is 0 Å². The zero-order chi connectivity index (χ0) is 14.4. The Labute approximate surface area is 131 Å². The van der Waals surface area contributed by atoms with Crippen LogP contribution in [0.2, 0.25) is 5.15 Å². The monoisotopic (exact) mass is 316 g/mol. The van der Waals surface area contributed by atoms with E-state index in [1.165, 1.54) is 4.88 Å². The lowest BCUT2D eigenvalue weighted by atomic mass is 9.92. The number of halogens is 1. The molecule has 2 aromatic heterocycles. The van der Waals surface area contributed by atoms with E-state index in [0.29, 0.717) is 11.8 Å². The van der Waals surface area contributed by atoms with Crippen molar-refractivity contribution in [1.82, 2.24) is 9.97 Å². The lowest BCUT2D eigenvalue weighted by molar-refractivity contribution is 0.274. The van der Waals surface area contributed by atoms with Gasteiger partial charge < -0.3 is 4.74 Å². The summed E-state index contributed by atoms with van der Waals surface area (Å²) in [6.45, 7) is 2.75. The molecule has 3 nitrogen and oxygen atoms in total. The Bertz CT molecular complexity index is 830. The van der Waals surface area contributed by atoms with E-state index < -0.39 is 0 Å². The highest BCUT2D eigenvalue weighted by Gasteiger charge is 2.26. The van der Waals surface area contributed by atoms with Crippen LogP contribution in [0.5, 0.6) is 5.75 Å². The first-order valence-corrected chi connectivity index (χ1v) is 8.07. The summed E-state index contributed by atoms with van der Waals surface area (Å²) in [5.74, 6) is 1.88. The average Bonchev–Trinajstić information content (AvgIpc) is 2.87. The van der Waals surface area contributed by atoms with Gasteiger partial charge >= 0.3 is 0 Å². The van der Waals surface area contributed by atoms with Crippen molar-refractivity contribution in [3.05, 3.63) is 51.7 Å². The number of aryl methyl sites for hydroxylation is 1. The van der Waals surface area contributed by atoms with Crippen molar-refractivity contribution in [3.63, 3.8) is 0 Å². The standard InChI is InChI=1S/C16H13ClN2OS/c1-9-8-12-14(17)18-15(19-16(12)21-9)11-6-7-20-13-5-3-2-4-10(11)13/h2-5,8,11H,6-7H2,1H3. The van der Waals surface area contributed by atoms with Gasteiger partial charge in [-0.05, 0) is 25.5 Å². The van der Waals surface area contributed by atoms with Crippen molar-refractivity contribution in [3.8, 4) is 5.75 Å². The molecule has 3 heterocycles. The van der Waals surface area contributed by atoms with Crippen LogP contribution in [0.3, 0.4) is 0 Å². The van der Waals surface area contributed by atoms with E-state index in [-0.39, 0.29) is 5.92 Å². The molecule has 5 heteroatoms. The maximum Gasteiger partial charge on any atom is 0.141 e. The molecule has 1 aromatic carbocycles. The third-order valence-electron chi connectivity index (χ3n) is 3.76. The van der Waals surface area contributed by atoms with Crippen molar-refractivity contribution in [2.45, 2.75) is 19.3 Å². The second kappa shape index (κ2) is 4.97. The molecular weight excluding hydrogens is 304 g/mol. The summed E-state index contributed by atoms with van der Waals surface area (Å²) >= 11 is 8.01. The molecule has 1 unspecified atom stereocenters. The van der Waals surface area contributed by atoms with Gasteiger partial charge in [0.1, 0.15) is 21.6 Å². The van der Waals surface area contributed by atoms with Crippen LogP contribution in [0.25, 0.3) is 10.2 Å². The van der Waals surface area contributed by atoms with Gasteiger partial charge in [0.15, 0.2) is 0 Å². The zero-order valence-electron chi connectivity index (χ0n) is 11.5. The van der Waals surface area contributed by atoms with Crippen LogP contribution < -0.4 is 4.74 Å². The van der Waals surface area contributed by atoms with Gasteiger partial charge in [0.05, 0.1) is 12.5 Å². The van der Waals surface area contributed by atoms with Gasteiger partial charge in [0, 0.05) is 15.8 Å². The Morgan fingerprint density at radius 1 is 1.29 bits per heavy atom. The van der Waals surface area contributed by atoms with Gasteiger partial charge in [0.25, 0.3) is 0 Å². The van der Waals surface area contributed by atoms with Crippen LogP contribution >= 0.6 is 22.9 Å². The first-order valence-electron chi connectivity index (χ1n) is 6.87. The van der Waals surface area contributed by atoms with E-state index in [2.05, 4.69) is 18.0 Å². The highest BCUT2D eigenvalue weighted by atomic mass is 35.5. The minimum Gasteiger partial charge on any atom is -0.493 e. The molecule has 1 aliphatic heterocycles. The van der Waals surface area contributed by atoms with Gasteiger partial charge in [-0.1, -0.05) is 29.8 Å². The third-order valence-corrected chi connectivity index (χ3v) is 4.99. The number of para-hydroxylation sites is 1. The Hall–Kier alpha value is -1.65. The van der Waals surface area contributed by atoms with E-state index >= 15 is 0 Å². The summed E-state index contributed by atoms with van der Waals surface area (Å²) in [5, 5.41) is 1.49. The summed E-state index contributed by atoms with van der Waals surface area (Å²) < 4.78 is 5.71. The molecule has 21 heavy (non-hydrogen) atoms. The smallest absolute Gasteiger partial charge is 0.141 e. The summed E-state index contributed by atoms with van der Waals surface area (Å²) in [6, 6.07) is 10.1. The van der Waals surface area contributed by atoms with Gasteiger partial charge in [-0.2, -0.15) is 0 Å². The number of hydrogen-bond acceptors (Lipinski definition) is 4. The fourth-order valence-corrected chi connectivity index (χ4v) is 3.96. The second-order valence-corrected chi connectivity index (χ2v) is 6.77. The molecule has 106 valence electrons. The Kier molecular flexibility index (Phi) is 3.08. The maximum absolute atomic E-state index is 6.35. The minimum absolute atomic E-state index is 0.152. The second-order valence-electron chi connectivity index (χ2n) is 5.18. The lowest BCUT2D eigenvalue weighted by Crippen LogP contribution is -2.17. The molecular formula is C16H13ClN2OS. The number of nitrogens with zero attached hydrogens (tertiary/aromatic N) is 2. The first-order chi connectivity index (χ1) is 10.2. The predicted molar refractivity (Wildman–Crippen MR) is 85.6 cm³/mol. The lowest BCUT2D eigenvalue weighted by Gasteiger charge is -2.24. The molecule has 0 aliphatic carbocycles. The number of aromatic nitrogens is 2. The molecule has 4 rings (SSSR count). The molecule has 1 atom stereocenters. The number of ether oxygens (including phenoxy) is 1. The highest BCUT2D eigenvalue weighted by molar-refractivity contribution is 7.18. The van der Waals surface area contributed by atoms with Crippen LogP contribution in [-0.2, 0) is 0 Å². The maximum atomic E-state index is 6.35. The predicted octanol–water partition coefficient (Wildman–Crippen LogP) is 4.57. The molecule has 0 fully saturated rings. The Morgan fingerprint density at radius 3 is 3.05 bits per heavy atom. The molecule has 0 saturated heterocycles. The molecule has 0 bridgehead atoms. The SMILES string of the molecule is Cc1cc2c(Cl)nc(C3CCOc4ccccc43)nc2s1. The first kappa shape index (κ1) is 13.0. The number of hydrogen-bond donors (Lipinski definition) is 0. The highest BCUT2D eigenvalue weighted by Crippen LogP contribution is 2.38. The molecule has 0 saturated carbocycles. The third kappa shape index (κ3) is 2.19. The molecule has 0 amide bonds.